The van der Waals surface area contributed by atoms with Gasteiger partial charge in [-0.05, 0) is 36.1 Å². The Morgan fingerprint density at radius 1 is 0.812 bits per heavy atom. The number of carbonyl (C=O) groups excluding carboxylic acids is 3. The lowest BCUT2D eigenvalue weighted by Gasteiger charge is -2.18. The zero-order chi connectivity index (χ0) is 22.6. The molecule has 0 aliphatic rings. The standard InChI is InChI=1S/C26H27N3O3/c30-24(16-9-14-20-10-3-1-4-11-20)29-23(18-21-12-5-2-6-13-21)25(31)26(32)28-19-22-15-7-8-17-27-22/h1-8,10-13,15,17,23H,9,14,16,18-19H2,(H,28,32)(H,29,30)/t23-/m1/s1. The number of aryl methyl sites for hydroxylation is 1. The Labute approximate surface area is 188 Å². The van der Waals surface area contributed by atoms with Gasteiger partial charge in [0, 0.05) is 19.0 Å². The molecule has 6 heteroatoms. The number of pyridine rings is 1. The van der Waals surface area contributed by atoms with E-state index in [1.807, 2.05) is 66.7 Å². The number of nitrogens with one attached hydrogen (secondary N) is 2. The molecule has 0 bridgehead atoms. The summed E-state index contributed by atoms with van der Waals surface area (Å²) in [5.41, 5.74) is 2.68. The highest BCUT2D eigenvalue weighted by Crippen LogP contribution is 2.07. The smallest absolute Gasteiger partial charge is 0.289 e. The van der Waals surface area contributed by atoms with Crippen molar-refractivity contribution in [3.05, 3.63) is 102 Å². The third-order valence-electron chi connectivity index (χ3n) is 5.03. The maximum absolute atomic E-state index is 12.9. The fraction of sp³-hybridized carbons (Fsp3) is 0.231. The van der Waals surface area contributed by atoms with Crippen molar-refractivity contribution < 1.29 is 14.4 Å². The van der Waals surface area contributed by atoms with Crippen LogP contribution in [-0.4, -0.2) is 28.6 Å². The maximum Gasteiger partial charge on any atom is 0.289 e. The number of benzene rings is 2. The van der Waals surface area contributed by atoms with E-state index in [1.165, 1.54) is 0 Å². The highest BCUT2D eigenvalue weighted by Gasteiger charge is 2.27. The lowest BCUT2D eigenvalue weighted by molar-refractivity contribution is -0.140. The zero-order valence-electron chi connectivity index (χ0n) is 17.9. The van der Waals surface area contributed by atoms with Crippen LogP contribution in [0.5, 0.6) is 0 Å². The first kappa shape index (κ1) is 22.9. The Bertz CT molecular complexity index is 1010. The van der Waals surface area contributed by atoms with E-state index in [0.29, 0.717) is 12.1 Å². The minimum Gasteiger partial charge on any atom is -0.345 e. The van der Waals surface area contributed by atoms with Gasteiger partial charge in [-0.1, -0.05) is 66.7 Å². The summed E-state index contributed by atoms with van der Waals surface area (Å²) < 4.78 is 0. The molecule has 32 heavy (non-hydrogen) atoms. The van der Waals surface area contributed by atoms with Crippen molar-refractivity contribution in [2.24, 2.45) is 0 Å². The maximum atomic E-state index is 12.9. The Hall–Kier alpha value is -3.80. The zero-order valence-corrected chi connectivity index (χ0v) is 17.9. The number of hydrogen-bond donors (Lipinski definition) is 2. The van der Waals surface area contributed by atoms with Crippen molar-refractivity contribution >= 4 is 17.6 Å². The predicted octanol–water partition coefficient (Wildman–Crippen LogP) is 3.02. The number of ketones is 1. The van der Waals surface area contributed by atoms with Gasteiger partial charge in [0.1, 0.15) is 6.04 Å². The van der Waals surface area contributed by atoms with E-state index in [4.69, 9.17) is 0 Å². The van der Waals surface area contributed by atoms with Crippen LogP contribution in [0, 0.1) is 0 Å². The van der Waals surface area contributed by atoms with Crippen molar-refractivity contribution in [1.29, 1.82) is 0 Å². The summed E-state index contributed by atoms with van der Waals surface area (Å²) in [6.45, 7) is 0.147. The Kier molecular flexibility index (Phi) is 8.69. The Morgan fingerprint density at radius 2 is 1.47 bits per heavy atom. The van der Waals surface area contributed by atoms with Gasteiger partial charge in [0.25, 0.3) is 5.91 Å². The third kappa shape index (κ3) is 7.47. The Morgan fingerprint density at radius 3 is 2.12 bits per heavy atom. The van der Waals surface area contributed by atoms with E-state index >= 15 is 0 Å². The second kappa shape index (κ2) is 12.2. The van der Waals surface area contributed by atoms with Crippen LogP contribution in [0.2, 0.25) is 0 Å². The normalized spacial score (nSPS) is 11.4. The number of nitrogens with zero attached hydrogens (tertiary/aromatic N) is 1. The van der Waals surface area contributed by atoms with Crippen molar-refractivity contribution in [1.82, 2.24) is 15.6 Å². The lowest BCUT2D eigenvalue weighted by atomic mass is 10.0. The molecule has 1 heterocycles. The summed E-state index contributed by atoms with van der Waals surface area (Å²) in [7, 11) is 0. The summed E-state index contributed by atoms with van der Waals surface area (Å²) in [5, 5.41) is 5.37. The van der Waals surface area contributed by atoms with Gasteiger partial charge < -0.3 is 10.6 Å². The molecule has 6 nitrogen and oxygen atoms in total. The van der Waals surface area contributed by atoms with Crippen LogP contribution in [0.1, 0.15) is 29.7 Å². The van der Waals surface area contributed by atoms with Gasteiger partial charge in [0.05, 0.1) is 12.2 Å². The molecule has 164 valence electrons. The summed E-state index contributed by atoms with van der Waals surface area (Å²) in [6.07, 6.45) is 3.59. The summed E-state index contributed by atoms with van der Waals surface area (Å²) in [4.78, 5) is 42.0. The molecule has 0 aliphatic heterocycles. The third-order valence-corrected chi connectivity index (χ3v) is 5.03. The minimum atomic E-state index is -0.926. The molecule has 2 N–H and O–H groups in total. The first-order valence-corrected chi connectivity index (χ1v) is 10.7. The molecule has 1 atom stereocenters. The SMILES string of the molecule is O=C(CCCc1ccccc1)N[C@H](Cc1ccccc1)C(=O)C(=O)NCc1ccccn1. The summed E-state index contributed by atoms with van der Waals surface area (Å²) >= 11 is 0. The molecular weight excluding hydrogens is 402 g/mol. The van der Waals surface area contributed by atoms with Crippen molar-refractivity contribution in [3.63, 3.8) is 0 Å². The number of amides is 2. The number of carbonyl (C=O) groups is 3. The van der Waals surface area contributed by atoms with Gasteiger partial charge in [-0.25, -0.2) is 0 Å². The van der Waals surface area contributed by atoms with Crippen LogP contribution < -0.4 is 10.6 Å². The quantitative estimate of drug-likeness (QED) is 0.459. The van der Waals surface area contributed by atoms with Crippen molar-refractivity contribution in [2.45, 2.75) is 38.3 Å². The largest absolute Gasteiger partial charge is 0.345 e. The van der Waals surface area contributed by atoms with Crippen LogP contribution in [0.25, 0.3) is 0 Å². The number of aromatic nitrogens is 1. The van der Waals surface area contributed by atoms with Gasteiger partial charge in [0.2, 0.25) is 11.7 Å². The van der Waals surface area contributed by atoms with Crippen molar-refractivity contribution in [3.8, 4) is 0 Å². The molecule has 0 aliphatic carbocycles. The van der Waals surface area contributed by atoms with E-state index in [9.17, 15) is 14.4 Å². The molecule has 1 aromatic heterocycles. The fourth-order valence-electron chi connectivity index (χ4n) is 3.34. The summed E-state index contributed by atoms with van der Waals surface area (Å²) in [6, 6.07) is 23.7. The summed E-state index contributed by atoms with van der Waals surface area (Å²) in [5.74, 6) is -1.64. The monoisotopic (exact) mass is 429 g/mol. The topological polar surface area (TPSA) is 88.2 Å². The van der Waals surface area contributed by atoms with Gasteiger partial charge in [-0.2, -0.15) is 0 Å². The fourth-order valence-corrected chi connectivity index (χ4v) is 3.34. The molecular formula is C26H27N3O3. The second-order valence-electron chi connectivity index (χ2n) is 7.52. The first-order chi connectivity index (χ1) is 15.6. The second-order valence-corrected chi connectivity index (χ2v) is 7.52. The van der Waals surface area contributed by atoms with E-state index in [0.717, 1.165) is 17.5 Å². The number of hydrogen-bond acceptors (Lipinski definition) is 4. The van der Waals surface area contributed by atoms with Crippen LogP contribution in [0.15, 0.2) is 85.1 Å². The molecule has 0 spiro atoms. The molecule has 0 radical (unpaired) electrons. The van der Waals surface area contributed by atoms with Crippen LogP contribution in [-0.2, 0) is 33.8 Å². The van der Waals surface area contributed by atoms with E-state index in [1.54, 1.807) is 18.3 Å². The molecule has 0 fully saturated rings. The highest BCUT2D eigenvalue weighted by atomic mass is 16.2. The average Bonchev–Trinajstić information content (AvgIpc) is 2.83. The van der Waals surface area contributed by atoms with Crippen LogP contribution >= 0.6 is 0 Å². The molecule has 0 unspecified atom stereocenters. The van der Waals surface area contributed by atoms with Crippen molar-refractivity contribution in [2.75, 3.05) is 0 Å². The van der Waals surface area contributed by atoms with E-state index < -0.39 is 17.7 Å². The van der Waals surface area contributed by atoms with Gasteiger partial charge in [-0.15, -0.1) is 0 Å². The predicted molar refractivity (Wildman–Crippen MR) is 123 cm³/mol. The van der Waals surface area contributed by atoms with Crippen LogP contribution in [0.4, 0.5) is 0 Å². The Balaban J connectivity index is 1.58. The van der Waals surface area contributed by atoms with E-state index in [-0.39, 0.29) is 25.3 Å². The average molecular weight is 430 g/mol. The highest BCUT2D eigenvalue weighted by molar-refractivity contribution is 6.38. The molecule has 0 saturated heterocycles. The number of rotatable bonds is 11. The van der Waals surface area contributed by atoms with Gasteiger partial charge in [-0.3, -0.25) is 19.4 Å². The van der Waals surface area contributed by atoms with E-state index in [2.05, 4.69) is 15.6 Å². The molecule has 2 amide bonds. The first-order valence-electron chi connectivity index (χ1n) is 10.7. The molecule has 2 aromatic carbocycles. The molecule has 3 rings (SSSR count). The lowest BCUT2D eigenvalue weighted by Crippen LogP contribution is -2.48. The van der Waals surface area contributed by atoms with Gasteiger partial charge >= 0.3 is 0 Å². The minimum absolute atomic E-state index is 0.147. The van der Waals surface area contributed by atoms with Crippen LogP contribution in [0.3, 0.4) is 0 Å². The molecule has 0 saturated carbocycles. The van der Waals surface area contributed by atoms with Gasteiger partial charge in [0.15, 0.2) is 0 Å². The molecule has 3 aromatic rings. The number of Topliss-reactive ketones (excluding diaryl/α,β-unsaturated/α-hetero) is 1.